The van der Waals surface area contributed by atoms with Gasteiger partial charge in [-0.05, 0) is 112 Å². The molecule has 5 nitrogen and oxygen atoms in total. The number of hydrogen-bond donors (Lipinski definition) is 1. The Bertz CT molecular complexity index is 4020. The minimum atomic E-state index is -0.325. The van der Waals surface area contributed by atoms with E-state index in [0.717, 1.165) is 86.1 Å². The third kappa shape index (κ3) is 6.26. The van der Waals surface area contributed by atoms with Crippen molar-refractivity contribution in [3.63, 3.8) is 0 Å². The zero-order valence-corrected chi connectivity index (χ0v) is 39.2. The van der Waals surface area contributed by atoms with Gasteiger partial charge in [0, 0.05) is 50.3 Å². The van der Waals surface area contributed by atoms with Gasteiger partial charge in [0.15, 0.2) is 0 Å². The molecule has 0 bridgehead atoms. The van der Waals surface area contributed by atoms with Crippen molar-refractivity contribution < 1.29 is 0 Å². The molecule has 3 aliphatic rings. The van der Waals surface area contributed by atoms with Crippen molar-refractivity contribution in [1.82, 2.24) is 4.57 Å². The predicted molar refractivity (Wildman–Crippen MR) is 294 cm³/mol. The van der Waals surface area contributed by atoms with E-state index < -0.39 is 0 Å². The van der Waals surface area contributed by atoms with Crippen LogP contribution in [-0.2, 0) is 5.41 Å². The van der Waals surface area contributed by atoms with Crippen LogP contribution in [0.4, 0.5) is 34.1 Å². The Morgan fingerprint density at radius 1 is 0.614 bits per heavy atom. The van der Waals surface area contributed by atoms with E-state index in [9.17, 15) is 5.26 Å². The minimum absolute atomic E-state index is 0.0143. The fourth-order valence-corrected chi connectivity index (χ4v) is 12.1. The summed E-state index contributed by atoms with van der Waals surface area (Å²) < 4.78 is 2.61. The van der Waals surface area contributed by atoms with Crippen LogP contribution in [0.5, 0.6) is 0 Å². The maximum Gasteiger partial charge on any atom is 0.101 e. The molecule has 13 rings (SSSR count). The molecule has 9 aromatic carbocycles. The smallest absolute Gasteiger partial charge is 0.101 e. The highest BCUT2D eigenvalue weighted by Gasteiger charge is 2.43. The summed E-state index contributed by atoms with van der Waals surface area (Å²) >= 11 is 0. The summed E-state index contributed by atoms with van der Waals surface area (Å²) in [4.78, 5) is 4.74. The third-order valence-electron chi connectivity index (χ3n) is 15.2. The van der Waals surface area contributed by atoms with Gasteiger partial charge in [-0.3, -0.25) is 0 Å². The Morgan fingerprint density at radius 3 is 1.93 bits per heavy atom. The lowest BCUT2D eigenvalue weighted by Gasteiger charge is -2.31. The van der Waals surface area contributed by atoms with Crippen LogP contribution in [0.25, 0.3) is 59.7 Å². The maximum atomic E-state index is 10.9. The topological polar surface area (TPSA) is 59.1 Å². The Hall–Kier alpha value is -8.72. The van der Waals surface area contributed by atoms with Crippen molar-refractivity contribution in [2.45, 2.75) is 44.6 Å². The van der Waals surface area contributed by atoms with Gasteiger partial charge in [-0.15, -0.1) is 0 Å². The van der Waals surface area contributed by atoms with E-state index in [1.165, 1.54) is 55.4 Å². The van der Waals surface area contributed by atoms with Crippen LogP contribution in [0.3, 0.4) is 0 Å². The molecular weight excluding hydrogens is 851 g/mol. The first-order chi connectivity index (χ1) is 34.4. The lowest BCUT2D eigenvalue weighted by Crippen LogP contribution is -2.19. The lowest BCUT2D eigenvalue weighted by molar-refractivity contribution is 0.611. The van der Waals surface area contributed by atoms with E-state index in [1.54, 1.807) is 0 Å². The summed E-state index contributed by atoms with van der Waals surface area (Å²) in [5.41, 5.74) is 14.7. The molecule has 1 N–H and O–H groups in total. The highest BCUT2D eigenvalue weighted by atomic mass is 15.2. The monoisotopic (exact) mass is 899 g/mol. The van der Waals surface area contributed by atoms with E-state index >= 15 is 0 Å². The molecule has 1 unspecified atom stereocenters. The molecule has 0 saturated carbocycles. The number of benzene rings is 9. The van der Waals surface area contributed by atoms with Gasteiger partial charge in [-0.1, -0.05) is 171 Å². The van der Waals surface area contributed by atoms with Gasteiger partial charge in [0.05, 0.1) is 45.4 Å². The lowest BCUT2D eigenvalue weighted by atomic mass is 9.77. The van der Waals surface area contributed by atoms with Crippen molar-refractivity contribution in [1.29, 1.82) is 10.7 Å². The number of para-hydroxylation sites is 2. The van der Waals surface area contributed by atoms with Crippen molar-refractivity contribution in [3.8, 4) is 6.07 Å². The number of anilines is 6. The zero-order valence-electron chi connectivity index (χ0n) is 39.2. The number of nitriles is 1. The van der Waals surface area contributed by atoms with Crippen molar-refractivity contribution in [3.05, 3.63) is 234 Å². The second-order valence-electron chi connectivity index (χ2n) is 19.4. The molecule has 1 atom stereocenters. The average molecular weight is 900 g/mol. The van der Waals surface area contributed by atoms with Gasteiger partial charge < -0.3 is 19.8 Å². The highest BCUT2D eigenvalue weighted by Crippen LogP contribution is 2.60. The second-order valence-corrected chi connectivity index (χ2v) is 19.4. The molecule has 10 aromatic rings. The molecule has 0 saturated heterocycles. The minimum Gasteiger partial charge on any atom is -0.333 e. The summed E-state index contributed by atoms with van der Waals surface area (Å²) in [6.07, 6.45) is 18.0. The Labute approximate surface area is 408 Å². The van der Waals surface area contributed by atoms with Crippen LogP contribution in [0, 0.1) is 16.7 Å². The number of aromatic nitrogens is 1. The van der Waals surface area contributed by atoms with E-state index in [1.807, 2.05) is 24.3 Å². The molecular formula is C65H49N5. The van der Waals surface area contributed by atoms with Gasteiger partial charge in [0.2, 0.25) is 0 Å². The van der Waals surface area contributed by atoms with Gasteiger partial charge in [-0.2, -0.15) is 5.26 Å². The van der Waals surface area contributed by atoms with Crippen molar-refractivity contribution >= 4 is 100 Å². The summed E-state index contributed by atoms with van der Waals surface area (Å²) in [5.74, 6) is 0. The van der Waals surface area contributed by atoms with Crippen LogP contribution < -0.4 is 9.80 Å². The predicted octanol–water partition coefficient (Wildman–Crippen LogP) is 17.5. The average Bonchev–Trinajstić information content (AvgIpc) is 3.87. The highest BCUT2D eigenvalue weighted by molar-refractivity contribution is 6.27. The van der Waals surface area contributed by atoms with Gasteiger partial charge in [0.1, 0.15) is 6.07 Å². The molecule has 0 spiro atoms. The van der Waals surface area contributed by atoms with Crippen LogP contribution in [0.1, 0.15) is 61.4 Å². The van der Waals surface area contributed by atoms with E-state index in [0.29, 0.717) is 5.56 Å². The normalized spacial score (nSPS) is 15.8. The van der Waals surface area contributed by atoms with Gasteiger partial charge in [-0.25, -0.2) is 0 Å². The number of nitrogens with zero attached hydrogens (tertiary/aromatic N) is 4. The van der Waals surface area contributed by atoms with E-state index in [4.69, 9.17) is 5.41 Å². The molecule has 0 amide bonds. The largest absolute Gasteiger partial charge is 0.333 e. The first kappa shape index (κ1) is 41.5. The first-order valence-electron chi connectivity index (χ1n) is 24.4. The number of fused-ring (bicyclic) bond motifs is 10. The molecule has 0 radical (unpaired) electrons. The van der Waals surface area contributed by atoms with Gasteiger partial charge in [0.25, 0.3) is 0 Å². The van der Waals surface area contributed by atoms with Crippen molar-refractivity contribution in [2.24, 2.45) is 0 Å². The zero-order chi connectivity index (χ0) is 47.1. The third-order valence-corrected chi connectivity index (χ3v) is 15.2. The van der Waals surface area contributed by atoms with Crippen LogP contribution in [0.15, 0.2) is 212 Å². The Balaban J connectivity index is 1.21. The van der Waals surface area contributed by atoms with Crippen molar-refractivity contribution in [2.75, 3.05) is 9.80 Å². The molecule has 1 heterocycles. The van der Waals surface area contributed by atoms with Crippen LogP contribution in [0.2, 0.25) is 0 Å². The van der Waals surface area contributed by atoms with Crippen LogP contribution >= 0.6 is 0 Å². The number of nitrogens with one attached hydrogen (secondary N) is 1. The summed E-state index contributed by atoms with van der Waals surface area (Å²) in [6.45, 7) is 4.89. The second kappa shape index (κ2) is 16.2. The standard InChI is InChI=1S/C65H49N5/c1-65(2)54-29-15-14-28-53(54)62-59(70(56-31-17-11-23-47(56)41-67)50-35-33-43-19-7-9-21-45(43)37-50)39-60-63(64(62)65)61-52-27-13-12-26-51(52)57(38-58(61)68(60)48-24-4-3-5-25-48)69(55-30-16-10-22-46(55)40-66)49-34-32-42-18-6-8-20-44(42)36-49/h3-14,16-24,26-28,30-40,48,66H,15,25,29H2,1-2H3. The summed E-state index contributed by atoms with van der Waals surface area (Å²) in [7, 11) is 0. The number of allylic oxidation sites excluding steroid dienone is 8. The SMILES string of the molecule is CC1(C)C2=C(C=CCC2)c2c(N(c3ccc4ccccc4c3)c3ccccc3C#N)cc3c(c21)c1c2ccccc2c(N(c2ccc4ccccc4c2)c2ccccc2C=N)cc1n3C1C=CC=CC1. The molecule has 0 fully saturated rings. The van der Waals surface area contributed by atoms with Crippen LogP contribution in [-0.4, -0.2) is 10.8 Å². The molecule has 5 heteroatoms. The van der Waals surface area contributed by atoms with E-state index in [-0.39, 0.29) is 11.5 Å². The Kier molecular flexibility index (Phi) is 9.61. The quantitative estimate of drug-likeness (QED) is 0.155. The first-order valence-corrected chi connectivity index (χ1v) is 24.4. The fraction of sp³-hybridized carbons (Fsp3) is 0.108. The number of rotatable bonds is 8. The van der Waals surface area contributed by atoms with Gasteiger partial charge >= 0.3 is 0 Å². The fourth-order valence-electron chi connectivity index (χ4n) is 12.1. The molecule has 334 valence electrons. The molecule has 70 heavy (non-hydrogen) atoms. The maximum absolute atomic E-state index is 10.9. The molecule has 0 aliphatic heterocycles. The number of hydrogen-bond acceptors (Lipinski definition) is 4. The summed E-state index contributed by atoms with van der Waals surface area (Å²) in [5, 5.41) is 29.0. The molecule has 3 aliphatic carbocycles. The Morgan fingerprint density at radius 2 is 1.23 bits per heavy atom. The van der Waals surface area contributed by atoms with E-state index in [2.05, 4.69) is 216 Å². The summed E-state index contributed by atoms with van der Waals surface area (Å²) in [6, 6.07) is 63.3. The molecule has 1 aromatic heterocycles.